The van der Waals surface area contributed by atoms with E-state index in [0.29, 0.717) is 0 Å². The molecule has 0 radical (unpaired) electrons. The Morgan fingerprint density at radius 2 is 2.15 bits per heavy atom. The summed E-state index contributed by atoms with van der Waals surface area (Å²) in [6.45, 7) is 2.32. The van der Waals surface area contributed by atoms with Gasteiger partial charge in [-0.15, -0.1) is 0 Å². The molecule has 3 rings (SSSR count). The molecule has 1 aromatic carbocycles. The highest BCUT2D eigenvalue weighted by molar-refractivity contribution is 8.14. The highest BCUT2D eigenvalue weighted by atomic mass is 35.5. The molecule has 1 aliphatic carbocycles. The maximum atomic E-state index is 13.1. The van der Waals surface area contributed by atoms with Crippen LogP contribution in [0.4, 0.5) is 10.1 Å². The molecule has 2 nitrogen and oxygen atoms in total. The number of nitrogens with zero attached hydrogens (tertiary/aromatic N) is 1. The normalized spacial score (nSPS) is 29.6. The summed E-state index contributed by atoms with van der Waals surface area (Å²) in [6, 6.07) is 4.68. The molecule has 1 heterocycles. The second-order valence-corrected chi connectivity index (χ2v) is 7.24. The lowest BCUT2D eigenvalue weighted by Gasteiger charge is -2.32. The van der Waals surface area contributed by atoms with E-state index in [1.54, 1.807) is 23.9 Å². The van der Waals surface area contributed by atoms with Gasteiger partial charge in [-0.1, -0.05) is 30.3 Å². The van der Waals surface area contributed by atoms with Crippen molar-refractivity contribution in [3.05, 3.63) is 29.0 Å². The van der Waals surface area contributed by atoms with Crippen molar-refractivity contribution in [2.75, 3.05) is 11.1 Å². The van der Waals surface area contributed by atoms with Gasteiger partial charge in [0.25, 0.3) is 0 Å². The molecule has 0 aromatic heterocycles. The predicted octanol–water partition coefficient (Wildman–Crippen LogP) is 4.94. The first-order valence-electron chi connectivity index (χ1n) is 7.01. The van der Waals surface area contributed by atoms with Crippen molar-refractivity contribution in [2.24, 2.45) is 10.9 Å². The van der Waals surface area contributed by atoms with Crippen molar-refractivity contribution in [1.29, 1.82) is 0 Å². The molecule has 1 N–H and O–H groups in total. The van der Waals surface area contributed by atoms with Crippen molar-refractivity contribution in [3.8, 4) is 0 Å². The Labute approximate surface area is 128 Å². The summed E-state index contributed by atoms with van der Waals surface area (Å²) in [7, 11) is 0. The SMILES string of the molecule is CC1CCC2(CC1)CSC(Nc1ccc(F)c(Cl)c1)=N2. The molecule has 1 aromatic rings. The fourth-order valence-corrected chi connectivity index (χ4v) is 4.19. The van der Waals surface area contributed by atoms with Crippen LogP contribution in [0.15, 0.2) is 23.2 Å². The molecule has 5 heteroatoms. The minimum atomic E-state index is -0.393. The van der Waals surface area contributed by atoms with Gasteiger partial charge < -0.3 is 5.32 Å². The fourth-order valence-electron chi connectivity index (χ4n) is 2.80. The van der Waals surface area contributed by atoms with Crippen LogP contribution in [-0.2, 0) is 0 Å². The van der Waals surface area contributed by atoms with Crippen LogP contribution in [-0.4, -0.2) is 16.5 Å². The van der Waals surface area contributed by atoms with E-state index in [0.717, 1.165) is 22.5 Å². The molecule has 0 unspecified atom stereocenters. The average molecular weight is 313 g/mol. The van der Waals surface area contributed by atoms with Gasteiger partial charge in [0, 0.05) is 11.4 Å². The van der Waals surface area contributed by atoms with E-state index in [9.17, 15) is 4.39 Å². The summed E-state index contributed by atoms with van der Waals surface area (Å²) < 4.78 is 13.1. The van der Waals surface area contributed by atoms with Crippen LogP contribution < -0.4 is 5.32 Å². The lowest BCUT2D eigenvalue weighted by Crippen LogP contribution is -2.32. The third-order valence-electron chi connectivity index (χ3n) is 4.19. The van der Waals surface area contributed by atoms with Crippen molar-refractivity contribution in [1.82, 2.24) is 0 Å². The molecule has 0 amide bonds. The minimum Gasteiger partial charge on any atom is -0.335 e. The maximum absolute atomic E-state index is 13.1. The first-order valence-corrected chi connectivity index (χ1v) is 8.37. The van der Waals surface area contributed by atoms with Crippen LogP contribution in [0.3, 0.4) is 0 Å². The Kier molecular flexibility index (Phi) is 3.95. The third-order valence-corrected chi connectivity index (χ3v) is 5.63. The van der Waals surface area contributed by atoms with Crippen LogP contribution in [0.2, 0.25) is 5.02 Å². The summed E-state index contributed by atoms with van der Waals surface area (Å²) in [5.41, 5.74) is 0.924. The first kappa shape index (κ1) is 14.2. The number of hydrogen-bond donors (Lipinski definition) is 1. The molecule has 108 valence electrons. The number of nitrogens with one attached hydrogen (secondary N) is 1. The molecular formula is C15H18ClFN2S. The Morgan fingerprint density at radius 3 is 2.85 bits per heavy atom. The van der Waals surface area contributed by atoms with E-state index >= 15 is 0 Å². The van der Waals surface area contributed by atoms with Gasteiger partial charge in [0.2, 0.25) is 0 Å². The Morgan fingerprint density at radius 1 is 1.40 bits per heavy atom. The van der Waals surface area contributed by atoms with Crippen LogP contribution in [0.25, 0.3) is 0 Å². The van der Waals surface area contributed by atoms with E-state index in [1.165, 1.54) is 31.7 Å². The van der Waals surface area contributed by atoms with E-state index in [-0.39, 0.29) is 10.6 Å². The van der Waals surface area contributed by atoms with Gasteiger partial charge in [-0.25, -0.2) is 4.39 Å². The molecule has 0 atom stereocenters. The van der Waals surface area contributed by atoms with Crippen LogP contribution >= 0.6 is 23.4 Å². The van der Waals surface area contributed by atoms with Crippen LogP contribution in [0.5, 0.6) is 0 Å². The molecule has 0 saturated heterocycles. The Hall–Kier alpha value is -0.740. The summed E-state index contributed by atoms with van der Waals surface area (Å²) >= 11 is 7.55. The standard InChI is InChI=1S/C15H18ClFN2S/c1-10-4-6-15(7-5-10)9-20-14(19-15)18-11-2-3-13(17)12(16)8-11/h2-3,8,10H,4-7,9H2,1H3,(H,18,19). The Balaban J connectivity index is 1.71. The molecule has 20 heavy (non-hydrogen) atoms. The van der Waals surface area contributed by atoms with Gasteiger partial charge in [-0.2, -0.15) is 0 Å². The minimum absolute atomic E-state index is 0.128. The van der Waals surface area contributed by atoms with Gasteiger partial charge >= 0.3 is 0 Å². The summed E-state index contributed by atoms with van der Waals surface area (Å²) in [6.07, 6.45) is 4.88. The van der Waals surface area contributed by atoms with Crippen molar-refractivity contribution >= 4 is 34.2 Å². The lowest BCUT2D eigenvalue weighted by atomic mass is 9.79. The number of hydrogen-bond acceptors (Lipinski definition) is 3. The quantitative estimate of drug-likeness (QED) is 0.794. The van der Waals surface area contributed by atoms with E-state index < -0.39 is 5.82 Å². The molecule has 2 aliphatic rings. The topological polar surface area (TPSA) is 24.4 Å². The number of aliphatic imine (C=N–C) groups is 1. The van der Waals surface area contributed by atoms with Gasteiger partial charge in [0.15, 0.2) is 5.17 Å². The monoisotopic (exact) mass is 312 g/mol. The second-order valence-electron chi connectivity index (χ2n) is 5.87. The largest absolute Gasteiger partial charge is 0.335 e. The van der Waals surface area contributed by atoms with Crippen molar-refractivity contribution < 1.29 is 4.39 Å². The van der Waals surface area contributed by atoms with Gasteiger partial charge in [-0.3, -0.25) is 4.99 Å². The molecule has 0 bridgehead atoms. The predicted molar refractivity (Wildman–Crippen MR) is 85.3 cm³/mol. The number of amidine groups is 1. The summed E-state index contributed by atoms with van der Waals surface area (Å²) in [4.78, 5) is 4.89. The Bertz CT molecular complexity index is 539. The number of benzene rings is 1. The number of thioether (sulfide) groups is 1. The molecule has 1 spiro atoms. The van der Waals surface area contributed by atoms with E-state index in [4.69, 9.17) is 16.6 Å². The zero-order valence-corrected chi connectivity index (χ0v) is 13.0. The van der Waals surface area contributed by atoms with Crippen LogP contribution in [0.1, 0.15) is 32.6 Å². The number of rotatable bonds is 1. The fraction of sp³-hybridized carbons (Fsp3) is 0.533. The van der Waals surface area contributed by atoms with Crippen molar-refractivity contribution in [3.63, 3.8) is 0 Å². The van der Waals surface area contributed by atoms with Gasteiger partial charge in [-0.05, 0) is 49.8 Å². The molecular weight excluding hydrogens is 295 g/mol. The third kappa shape index (κ3) is 2.96. The number of anilines is 1. The lowest BCUT2D eigenvalue weighted by molar-refractivity contribution is 0.273. The highest BCUT2D eigenvalue weighted by Gasteiger charge is 2.38. The smallest absolute Gasteiger partial charge is 0.161 e. The zero-order chi connectivity index (χ0) is 14.2. The second kappa shape index (κ2) is 5.57. The van der Waals surface area contributed by atoms with Gasteiger partial charge in [0.05, 0.1) is 10.6 Å². The zero-order valence-electron chi connectivity index (χ0n) is 11.5. The first-order chi connectivity index (χ1) is 9.56. The van der Waals surface area contributed by atoms with Crippen molar-refractivity contribution in [2.45, 2.75) is 38.1 Å². The van der Waals surface area contributed by atoms with E-state index in [1.807, 2.05) is 0 Å². The van der Waals surface area contributed by atoms with E-state index in [2.05, 4.69) is 12.2 Å². The average Bonchev–Trinajstić information content (AvgIpc) is 2.81. The summed E-state index contributed by atoms with van der Waals surface area (Å²) in [5.74, 6) is 1.49. The molecule has 1 saturated carbocycles. The van der Waals surface area contributed by atoms with Gasteiger partial charge in [0.1, 0.15) is 5.82 Å². The van der Waals surface area contributed by atoms with Crippen LogP contribution in [0, 0.1) is 11.7 Å². The maximum Gasteiger partial charge on any atom is 0.161 e. The highest BCUT2D eigenvalue weighted by Crippen LogP contribution is 2.41. The molecule has 1 fully saturated rings. The summed E-state index contributed by atoms with van der Waals surface area (Å²) in [5, 5.41) is 4.32. The number of halogens is 2. The molecule has 1 aliphatic heterocycles.